The molecule has 110 valence electrons. The Balaban J connectivity index is 2.06. The van der Waals surface area contributed by atoms with E-state index in [1.54, 1.807) is 0 Å². The van der Waals surface area contributed by atoms with E-state index in [-0.39, 0.29) is 11.9 Å². The lowest BCUT2D eigenvalue weighted by atomic mass is 9.89. The number of hydrogen-bond donors (Lipinski definition) is 2. The molecule has 20 heavy (non-hydrogen) atoms. The van der Waals surface area contributed by atoms with Crippen LogP contribution in [0.15, 0.2) is 30.3 Å². The van der Waals surface area contributed by atoms with Gasteiger partial charge in [0.1, 0.15) is 0 Å². The van der Waals surface area contributed by atoms with Crippen molar-refractivity contribution in [2.45, 2.75) is 44.2 Å². The molecule has 0 radical (unpaired) electrons. The molecule has 0 bridgehead atoms. The molecule has 1 aromatic carbocycles. The predicted molar refractivity (Wildman–Crippen MR) is 79.2 cm³/mol. The van der Waals surface area contributed by atoms with Crippen LogP contribution in [0.3, 0.4) is 0 Å². The maximum atomic E-state index is 12.5. The molecule has 1 amide bonds. The van der Waals surface area contributed by atoms with Crippen LogP contribution in [0.4, 0.5) is 0 Å². The summed E-state index contributed by atoms with van der Waals surface area (Å²) in [5.74, 6) is -0.0527. The number of hydrogen-bond acceptors (Lipinski definition) is 3. The van der Waals surface area contributed by atoms with E-state index in [9.17, 15) is 4.79 Å². The molecule has 1 heterocycles. The maximum absolute atomic E-state index is 12.5. The molecule has 4 heteroatoms. The van der Waals surface area contributed by atoms with Crippen LogP contribution in [0.5, 0.6) is 0 Å². The largest absolute Gasteiger partial charge is 0.381 e. The van der Waals surface area contributed by atoms with Crippen molar-refractivity contribution in [2.75, 3.05) is 13.2 Å². The Labute approximate surface area is 120 Å². The Morgan fingerprint density at radius 3 is 2.60 bits per heavy atom. The van der Waals surface area contributed by atoms with Crippen LogP contribution in [0, 0.1) is 0 Å². The van der Waals surface area contributed by atoms with Crippen molar-refractivity contribution < 1.29 is 9.53 Å². The second kappa shape index (κ2) is 6.86. The summed E-state index contributed by atoms with van der Waals surface area (Å²) in [5, 5.41) is 3.12. The van der Waals surface area contributed by atoms with E-state index in [0.29, 0.717) is 26.1 Å². The van der Waals surface area contributed by atoms with Crippen molar-refractivity contribution in [2.24, 2.45) is 5.73 Å². The second-order valence-electron chi connectivity index (χ2n) is 5.49. The minimum Gasteiger partial charge on any atom is -0.381 e. The van der Waals surface area contributed by atoms with E-state index in [0.717, 1.165) is 18.4 Å². The first-order valence-electron chi connectivity index (χ1n) is 7.38. The highest BCUT2D eigenvalue weighted by Gasteiger charge is 2.36. The summed E-state index contributed by atoms with van der Waals surface area (Å²) in [4.78, 5) is 12.5. The highest BCUT2D eigenvalue weighted by Crippen LogP contribution is 2.22. The number of nitrogens with one attached hydrogen (secondary N) is 1. The van der Waals surface area contributed by atoms with Gasteiger partial charge in [-0.25, -0.2) is 0 Å². The van der Waals surface area contributed by atoms with Gasteiger partial charge in [0, 0.05) is 13.2 Å². The zero-order chi connectivity index (χ0) is 14.4. The van der Waals surface area contributed by atoms with Gasteiger partial charge in [0.05, 0.1) is 11.6 Å². The number of benzene rings is 1. The summed E-state index contributed by atoms with van der Waals surface area (Å²) in [6.07, 6.45) is 3.11. The van der Waals surface area contributed by atoms with Crippen LogP contribution >= 0.6 is 0 Å². The zero-order valence-electron chi connectivity index (χ0n) is 12.1. The molecule has 0 saturated carbocycles. The zero-order valence-corrected chi connectivity index (χ0v) is 12.1. The van der Waals surface area contributed by atoms with Gasteiger partial charge in [0.15, 0.2) is 0 Å². The Bertz CT molecular complexity index is 427. The number of carbonyl (C=O) groups excluding carboxylic acids is 1. The molecule has 0 aliphatic carbocycles. The third-order valence-corrected chi connectivity index (χ3v) is 3.92. The molecule has 1 atom stereocenters. The van der Waals surface area contributed by atoms with Gasteiger partial charge in [-0.1, -0.05) is 43.7 Å². The monoisotopic (exact) mass is 276 g/mol. The molecule has 1 fully saturated rings. The molecule has 0 spiro atoms. The summed E-state index contributed by atoms with van der Waals surface area (Å²) in [5.41, 5.74) is 6.59. The Hall–Kier alpha value is -1.39. The van der Waals surface area contributed by atoms with Crippen molar-refractivity contribution >= 4 is 5.91 Å². The minimum atomic E-state index is -0.779. The summed E-state index contributed by atoms with van der Waals surface area (Å²) < 4.78 is 5.29. The third-order valence-electron chi connectivity index (χ3n) is 3.92. The Morgan fingerprint density at radius 2 is 2.00 bits per heavy atom. The van der Waals surface area contributed by atoms with Gasteiger partial charge in [0.25, 0.3) is 0 Å². The topological polar surface area (TPSA) is 64.4 Å². The number of ether oxygens (including phenoxy) is 1. The SMILES string of the molecule is CCCC(NC(=O)C1(N)CCOCC1)c1ccccc1. The maximum Gasteiger partial charge on any atom is 0.240 e. The third kappa shape index (κ3) is 3.58. The molecule has 1 aliphatic rings. The lowest BCUT2D eigenvalue weighted by Crippen LogP contribution is -2.57. The van der Waals surface area contributed by atoms with E-state index in [2.05, 4.69) is 12.2 Å². The molecule has 2 rings (SSSR count). The van der Waals surface area contributed by atoms with Gasteiger partial charge < -0.3 is 15.8 Å². The number of rotatable bonds is 5. The molecule has 1 aliphatic heterocycles. The Morgan fingerprint density at radius 1 is 1.35 bits per heavy atom. The standard InChI is InChI=1S/C16H24N2O2/c1-2-6-14(13-7-4-3-5-8-13)18-15(19)16(17)9-11-20-12-10-16/h3-5,7-8,14H,2,6,9-12,17H2,1H3,(H,18,19). The summed E-state index contributed by atoms with van der Waals surface area (Å²) in [6.45, 7) is 3.25. The Kier molecular flexibility index (Phi) is 5.15. The van der Waals surface area contributed by atoms with Crippen LogP contribution in [0.25, 0.3) is 0 Å². The molecular formula is C16H24N2O2. The van der Waals surface area contributed by atoms with Gasteiger partial charge in [0.2, 0.25) is 5.91 Å². The summed E-state index contributed by atoms with van der Waals surface area (Å²) in [7, 11) is 0. The fourth-order valence-electron chi connectivity index (χ4n) is 2.56. The molecule has 4 nitrogen and oxygen atoms in total. The van der Waals surface area contributed by atoms with Crippen LogP contribution in [-0.4, -0.2) is 24.7 Å². The normalized spacial score (nSPS) is 19.3. The van der Waals surface area contributed by atoms with Gasteiger partial charge in [-0.15, -0.1) is 0 Å². The van der Waals surface area contributed by atoms with Crippen molar-refractivity contribution in [3.63, 3.8) is 0 Å². The van der Waals surface area contributed by atoms with Gasteiger partial charge in [-0.05, 0) is 24.8 Å². The van der Waals surface area contributed by atoms with E-state index in [4.69, 9.17) is 10.5 Å². The molecule has 1 saturated heterocycles. The van der Waals surface area contributed by atoms with Crippen molar-refractivity contribution in [3.8, 4) is 0 Å². The lowest BCUT2D eigenvalue weighted by molar-refractivity contribution is -0.130. The van der Waals surface area contributed by atoms with E-state index >= 15 is 0 Å². The highest BCUT2D eigenvalue weighted by atomic mass is 16.5. The number of nitrogens with two attached hydrogens (primary N) is 1. The number of carbonyl (C=O) groups is 1. The fourth-order valence-corrected chi connectivity index (χ4v) is 2.56. The van der Waals surface area contributed by atoms with Crippen molar-refractivity contribution in [3.05, 3.63) is 35.9 Å². The first-order chi connectivity index (χ1) is 9.65. The smallest absolute Gasteiger partial charge is 0.240 e. The van der Waals surface area contributed by atoms with Gasteiger partial charge >= 0.3 is 0 Å². The van der Waals surface area contributed by atoms with Crippen molar-refractivity contribution in [1.82, 2.24) is 5.32 Å². The highest BCUT2D eigenvalue weighted by molar-refractivity contribution is 5.86. The van der Waals surface area contributed by atoms with Crippen molar-refractivity contribution in [1.29, 1.82) is 0 Å². The van der Waals surface area contributed by atoms with E-state index in [1.807, 2.05) is 30.3 Å². The summed E-state index contributed by atoms with van der Waals surface area (Å²) in [6, 6.07) is 10.1. The first-order valence-corrected chi connectivity index (χ1v) is 7.38. The molecule has 1 aromatic rings. The average Bonchev–Trinajstić information content (AvgIpc) is 2.48. The molecule has 1 unspecified atom stereocenters. The van der Waals surface area contributed by atoms with E-state index in [1.165, 1.54) is 0 Å². The molecule has 0 aromatic heterocycles. The fraction of sp³-hybridized carbons (Fsp3) is 0.562. The second-order valence-corrected chi connectivity index (χ2v) is 5.49. The van der Waals surface area contributed by atoms with Crippen LogP contribution in [0.2, 0.25) is 0 Å². The minimum absolute atomic E-state index is 0.0389. The van der Waals surface area contributed by atoms with Crippen LogP contribution in [0.1, 0.15) is 44.2 Å². The first kappa shape index (κ1) is 15.0. The molecular weight excluding hydrogens is 252 g/mol. The quantitative estimate of drug-likeness (QED) is 0.866. The van der Waals surface area contributed by atoms with Crippen LogP contribution < -0.4 is 11.1 Å². The van der Waals surface area contributed by atoms with Gasteiger partial charge in [-0.3, -0.25) is 4.79 Å². The predicted octanol–water partition coefficient (Wildman–Crippen LogP) is 2.15. The van der Waals surface area contributed by atoms with E-state index < -0.39 is 5.54 Å². The summed E-state index contributed by atoms with van der Waals surface area (Å²) >= 11 is 0. The average molecular weight is 276 g/mol. The molecule has 3 N–H and O–H groups in total. The van der Waals surface area contributed by atoms with Crippen LogP contribution in [-0.2, 0) is 9.53 Å². The lowest BCUT2D eigenvalue weighted by Gasteiger charge is -2.33. The number of amides is 1. The van der Waals surface area contributed by atoms with Gasteiger partial charge in [-0.2, -0.15) is 0 Å².